The summed E-state index contributed by atoms with van der Waals surface area (Å²) in [6.45, 7) is 4.01. The van der Waals surface area contributed by atoms with Crippen molar-refractivity contribution in [3.05, 3.63) is 65.0 Å². The molecule has 3 heterocycles. The fourth-order valence-electron chi connectivity index (χ4n) is 3.41. The third-order valence-electron chi connectivity index (χ3n) is 4.50. The number of hydrogen-bond donors (Lipinski definition) is 2. The number of nitrogens with zero attached hydrogens (tertiary/aromatic N) is 3. The van der Waals surface area contributed by atoms with E-state index in [1.807, 2.05) is 48.9 Å². The van der Waals surface area contributed by atoms with Crippen LogP contribution in [0.2, 0.25) is 0 Å². The molecule has 0 bridgehead atoms. The molecule has 3 N–H and O–H groups in total. The molecule has 4 rings (SSSR count). The van der Waals surface area contributed by atoms with E-state index in [1.165, 1.54) is 0 Å². The number of aromatic nitrogens is 3. The number of benzene rings is 1. The summed E-state index contributed by atoms with van der Waals surface area (Å²) in [5, 5.41) is 7.36. The Balaban J connectivity index is 1.80. The maximum absolute atomic E-state index is 12.1. The van der Waals surface area contributed by atoms with Crippen molar-refractivity contribution in [3.8, 4) is 5.69 Å². The van der Waals surface area contributed by atoms with Gasteiger partial charge in [-0.3, -0.25) is 4.79 Å². The van der Waals surface area contributed by atoms with Crippen LogP contribution in [0, 0.1) is 13.8 Å². The summed E-state index contributed by atoms with van der Waals surface area (Å²) in [6, 6.07) is 13.9. The number of rotatable bonds is 2. The van der Waals surface area contributed by atoms with Crippen molar-refractivity contribution >= 4 is 17.5 Å². The number of fused-ring (bicyclic) bond motifs is 1. The molecule has 0 fully saturated rings. The molecule has 1 aliphatic rings. The van der Waals surface area contributed by atoms with Crippen molar-refractivity contribution < 1.29 is 4.79 Å². The van der Waals surface area contributed by atoms with Gasteiger partial charge < -0.3 is 11.1 Å². The Morgan fingerprint density at radius 1 is 1.20 bits per heavy atom. The summed E-state index contributed by atoms with van der Waals surface area (Å²) < 4.78 is 1.92. The normalized spacial score (nSPS) is 16.4. The SMILES string of the molecule is Cc1cc(C)n(-c2cccc(C3CC(=O)Nc4nc(N)ccc43)c2)n1. The van der Waals surface area contributed by atoms with Crippen molar-refractivity contribution in [2.75, 3.05) is 11.1 Å². The molecule has 6 nitrogen and oxygen atoms in total. The average molecular weight is 333 g/mol. The molecule has 25 heavy (non-hydrogen) atoms. The fraction of sp³-hybridized carbons (Fsp3) is 0.211. The number of pyridine rings is 1. The number of anilines is 2. The standard InChI is InChI=1S/C19H19N5O/c1-11-8-12(2)24(23-11)14-5-3-4-13(9-14)16-10-18(25)22-19-15(16)6-7-17(20)21-19/h3-9,16H,10H2,1-2H3,(H3,20,21,22,25). The second-order valence-corrected chi connectivity index (χ2v) is 6.41. The van der Waals surface area contributed by atoms with E-state index in [-0.39, 0.29) is 11.8 Å². The molecule has 3 aromatic rings. The molecule has 1 amide bonds. The molecule has 1 atom stereocenters. The van der Waals surface area contributed by atoms with Crippen molar-refractivity contribution in [1.29, 1.82) is 0 Å². The van der Waals surface area contributed by atoms with Crippen molar-refractivity contribution in [3.63, 3.8) is 0 Å². The lowest BCUT2D eigenvalue weighted by Crippen LogP contribution is -2.24. The van der Waals surface area contributed by atoms with E-state index in [9.17, 15) is 4.79 Å². The third kappa shape index (κ3) is 2.76. The molecule has 1 unspecified atom stereocenters. The predicted molar refractivity (Wildman–Crippen MR) is 96.8 cm³/mol. The number of nitrogen functional groups attached to an aromatic ring is 1. The first-order chi connectivity index (χ1) is 12.0. The Kier molecular flexibility index (Phi) is 3.53. The van der Waals surface area contributed by atoms with Gasteiger partial charge in [-0.2, -0.15) is 5.10 Å². The highest BCUT2D eigenvalue weighted by Gasteiger charge is 2.27. The van der Waals surface area contributed by atoms with E-state index < -0.39 is 0 Å². The van der Waals surface area contributed by atoms with Gasteiger partial charge in [0.25, 0.3) is 0 Å². The fourth-order valence-corrected chi connectivity index (χ4v) is 3.41. The van der Waals surface area contributed by atoms with Crippen molar-refractivity contribution in [2.45, 2.75) is 26.2 Å². The van der Waals surface area contributed by atoms with E-state index in [4.69, 9.17) is 5.73 Å². The number of nitrogens with two attached hydrogens (primary N) is 1. The van der Waals surface area contributed by atoms with E-state index in [2.05, 4.69) is 21.5 Å². The van der Waals surface area contributed by atoms with Gasteiger partial charge in [0.05, 0.1) is 11.4 Å². The zero-order valence-electron chi connectivity index (χ0n) is 14.2. The Bertz CT molecular complexity index is 976. The Labute approximate surface area is 145 Å². The van der Waals surface area contributed by atoms with Gasteiger partial charge in [0.2, 0.25) is 5.91 Å². The van der Waals surface area contributed by atoms with Crippen LogP contribution in [0.5, 0.6) is 0 Å². The number of carbonyl (C=O) groups is 1. The molecular weight excluding hydrogens is 314 g/mol. The minimum absolute atomic E-state index is 0.0474. The number of aryl methyl sites for hydroxylation is 2. The topological polar surface area (TPSA) is 85.8 Å². The largest absolute Gasteiger partial charge is 0.384 e. The van der Waals surface area contributed by atoms with Crippen LogP contribution in [0.4, 0.5) is 11.6 Å². The molecule has 1 aliphatic heterocycles. The molecule has 2 aromatic heterocycles. The number of nitrogens with one attached hydrogen (secondary N) is 1. The maximum atomic E-state index is 12.1. The van der Waals surface area contributed by atoms with Gasteiger partial charge >= 0.3 is 0 Å². The third-order valence-corrected chi connectivity index (χ3v) is 4.50. The summed E-state index contributed by atoms with van der Waals surface area (Å²) in [7, 11) is 0. The first kappa shape index (κ1) is 15.4. The smallest absolute Gasteiger partial charge is 0.226 e. The Morgan fingerprint density at radius 3 is 2.80 bits per heavy atom. The summed E-state index contributed by atoms with van der Waals surface area (Å²) >= 11 is 0. The number of hydrogen-bond acceptors (Lipinski definition) is 4. The highest BCUT2D eigenvalue weighted by Crippen LogP contribution is 2.37. The molecule has 0 saturated heterocycles. The van der Waals surface area contributed by atoms with E-state index in [0.717, 1.165) is 28.2 Å². The molecule has 0 spiro atoms. The molecular formula is C19H19N5O. The van der Waals surface area contributed by atoms with E-state index in [0.29, 0.717) is 18.1 Å². The molecule has 126 valence electrons. The summed E-state index contributed by atoms with van der Waals surface area (Å²) in [5.41, 5.74) is 10.8. The van der Waals surface area contributed by atoms with Crippen molar-refractivity contribution in [2.24, 2.45) is 0 Å². The van der Waals surface area contributed by atoms with Gasteiger partial charge in [0.15, 0.2) is 0 Å². The molecule has 0 radical (unpaired) electrons. The lowest BCUT2D eigenvalue weighted by molar-refractivity contribution is -0.116. The van der Waals surface area contributed by atoms with E-state index >= 15 is 0 Å². The van der Waals surface area contributed by atoms with Gasteiger partial charge in [-0.1, -0.05) is 18.2 Å². The molecule has 0 saturated carbocycles. The zero-order valence-corrected chi connectivity index (χ0v) is 14.2. The average Bonchev–Trinajstić information content (AvgIpc) is 2.92. The van der Waals surface area contributed by atoms with Crippen LogP contribution < -0.4 is 11.1 Å². The minimum atomic E-state index is -0.0490. The van der Waals surface area contributed by atoms with Crippen LogP contribution >= 0.6 is 0 Å². The molecule has 6 heteroatoms. The highest BCUT2D eigenvalue weighted by molar-refractivity contribution is 5.94. The van der Waals surface area contributed by atoms with Crippen LogP contribution in [0.15, 0.2) is 42.5 Å². The summed E-state index contributed by atoms with van der Waals surface area (Å²) in [6.07, 6.45) is 0.388. The second kappa shape index (κ2) is 5.73. The van der Waals surface area contributed by atoms with Gasteiger partial charge in [0, 0.05) is 23.6 Å². The number of carbonyl (C=O) groups excluding carboxylic acids is 1. The van der Waals surface area contributed by atoms with Crippen LogP contribution in [0.1, 0.15) is 34.9 Å². The monoisotopic (exact) mass is 333 g/mol. The van der Waals surface area contributed by atoms with Crippen LogP contribution in [0.3, 0.4) is 0 Å². The van der Waals surface area contributed by atoms with Crippen LogP contribution in [-0.2, 0) is 4.79 Å². The summed E-state index contributed by atoms with van der Waals surface area (Å²) in [4.78, 5) is 16.4. The van der Waals surface area contributed by atoms with E-state index in [1.54, 1.807) is 6.07 Å². The van der Waals surface area contributed by atoms with Crippen LogP contribution in [0.25, 0.3) is 5.69 Å². The number of amides is 1. The minimum Gasteiger partial charge on any atom is -0.384 e. The molecule has 0 aliphatic carbocycles. The zero-order chi connectivity index (χ0) is 17.6. The second-order valence-electron chi connectivity index (χ2n) is 6.41. The van der Waals surface area contributed by atoms with Gasteiger partial charge in [-0.05, 0) is 43.7 Å². The molecule has 1 aromatic carbocycles. The van der Waals surface area contributed by atoms with Gasteiger partial charge in [-0.25, -0.2) is 9.67 Å². The Hall–Kier alpha value is -3.15. The van der Waals surface area contributed by atoms with Crippen molar-refractivity contribution in [1.82, 2.24) is 14.8 Å². The first-order valence-electron chi connectivity index (χ1n) is 8.21. The quantitative estimate of drug-likeness (QED) is 0.755. The first-order valence-corrected chi connectivity index (χ1v) is 8.21. The Morgan fingerprint density at radius 2 is 2.04 bits per heavy atom. The van der Waals surface area contributed by atoms with Gasteiger partial charge in [0.1, 0.15) is 11.6 Å². The van der Waals surface area contributed by atoms with Crippen LogP contribution in [-0.4, -0.2) is 20.7 Å². The predicted octanol–water partition coefficient (Wildman–Crippen LogP) is 2.94. The lowest BCUT2D eigenvalue weighted by Gasteiger charge is -2.25. The lowest BCUT2D eigenvalue weighted by atomic mass is 9.86. The van der Waals surface area contributed by atoms with Gasteiger partial charge in [-0.15, -0.1) is 0 Å². The summed E-state index contributed by atoms with van der Waals surface area (Å²) in [5.74, 6) is 0.856. The maximum Gasteiger partial charge on any atom is 0.226 e. The highest BCUT2D eigenvalue weighted by atomic mass is 16.1.